The summed E-state index contributed by atoms with van der Waals surface area (Å²) in [6, 6.07) is 3.74. The Morgan fingerprint density at radius 3 is 2.10 bits per heavy atom. The third kappa shape index (κ3) is 11.1. The number of rotatable bonds is 13. The molecule has 3 aliphatic rings. The Labute approximate surface area is 352 Å². The highest BCUT2D eigenvalue weighted by Crippen LogP contribution is 2.67. The molecule has 1 aromatic carbocycles. The van der Waals surface area contributed by atoms with Gasteiger partial charge in [-0.15, -0.1) is 11.3 Å². The van der Waals surface area contributed by atoms with E-state index in [9.17, 15) is 33.3 Å². The number of benzene rings is 1. The van der Waals surface area contributed by atoms with Crippen molar-refractivity contribution in [1.82, 2.24) is 25.8 Å². The molecule has 0 saturated carbocycles. The molecule has 2 aromatic rings. The second kappa shape index (κ2) is 18.9. The van der Waals surface area contributed by atoms with Crippen LogP contribution in [-0.2, 0) is 52.7 Å². The summed E-state index contributed by atoms with van der Waals surface area (Å²) >= 11 is 0.987. The fourth-order valence-corrected chi connectivity index (χ4v) is 9.34. The van der Waals surface area contributed by atoms with Crippen LogP contribution >= 0.6 is 18.9 Å². The van der Waals surface area contributed by atoms with Crippen LogP contribution in [0.4, 0.5) is 8.78 Å². The van der Waals surface area contributed by atoms with Gasteiger partial charge in [0, 0.05) is 48.9 Å². The van der Waals surface area contributed by atoms with Crippen molar-refractivity contribution in [3.63, 3.8) is 0 Å². The quantitative estimate of drug-likeness (QED) is 0.137. The molecule has 0 bridgehead atoms. The second-order valence-electron chi connectivity index (χ2n) is 17.4. The van der Waals surface area contributed by atoms with Gasteiger partial charge < -0.3 is 35.2 Å². The zero-order valence-corrected chi connectivity index (χ0v) is 36.8. The molecule has 0 aliphatic carbocycles. The standard InChI is InChI=1S/C40H56F2N5O11PS/c1-24(48)46-17-14-29-9-10-30(33(49)45-28-12-15-43-16-13-28)47(29)35(51)26(21-46)20-44-34(50)32-19-25-18-27(8-11-31(25)60-32)40(41,42)59(54,57-22-55-36(52)38(2,3)4)58-23-56-37(53)39(5,6)7/h8,11,18-19,26,28-30,43H,9-10,12-17,20-23H2,1-7H3,(H,44,50)(H,45,49)/t26?,29-,30+/m1/s1. The van der Waals surface area contributed by atoms with Crippen LogP contribution in [0.5, 0.6) is 0 Å². The van der Waals surface area contributed by atoms with Gasteiger partial charge in [-0.2, -0.15) is 8.78 Å². The van der Waals surface area contributed by atoms with E-state index in [1.165, 1.54) is 60.6 Å². The number of hydrogen-bond donors (Lipinski definition) is 3. The summed E-state index contributed by atoms with van der Waals surface area (Å²) in [5.74, 6) is -3.89. The van der Waals surface area contributed by atoms with E-state index in [0.717, 1.165) is 49.4 Å². The summed E-state index contributed by atoms with van der Waals surface area (Å²) in [5, 5.41) is 9.34. The maximum absolute atomic E-state index is 16.3. The normalized spacial score (nSPS) is 20.9. The van der Waals surface area contributed by atoms with Crippen molar-refractivity contribution in [2.75, 3.05) is 46.3 Å². The Hall–Kier alpha value is -4.03. The first-order valence-electron chi connectivity index (χ1n) is 20.0. The third-order valence-corrected chi connectivity index (χ3v) is 13.7. The summed E-state index contributed by atoms with van der Waals surface area (Å²) in [5.41, 5.74) is -7.26. The van der Waals surface area contributed by atoms with Crippen molar-refractivity contribution in [3.05, 3.63) is 34.7 Å². The van der Waals surface area contributed by atoms with E-state index in [1.807, 2.05) is 0 Å². The molecule has 4 amide bonds. The number of carbonyl (C=O) groups excluding carboxylic acids is 6. The molecular weight excluding hydrogens is 828 g/mol. The first-order valence-corrected chi connectivity index (χ1v) is 22.4. The molecule has 1 aromatic heterocycles. The molecule has 0 radical (unpaired) electrons. The number of fused-ring (bicyclic) bond motifs is 2. The number of ether oxygens (including phenoxy) is 2. The number of thiophene rings is 1. The molecule has 3 atom stereocenters. The van der Waals surface area contributed by atoms with Crippen molar-refractivity contribution in [1.29, 1.82) is 0 Å². The highest BCUT2D eigenvalue weighted by atomic mass is 32.1. The maximum Gasteiger partial charge on any atom is 0.410 e. The molecule has 3 N–H and O–H groups in total. The van der Waals surface area contributed by atoms with Gasteiger partial charge in [0.2, 0.25) is 31.3 Å². The molecule has 3 fully saturated rings. The molecule has 1 unspecified atom stereocenters. The van der Waals surface area contributed by atoms with Crippen LogP contribution in [0.1, 0.15) is 95.8 Å². The predicted octanol–water partition coefficient (Wildman–Crippen LogP) is 5.10. The van der Waals surface area contributed by atoms with Crippen LogP contribution in [0.3, 0.4) is 0 Å². The summed E-state index contributed by atoms with van der Waals surface area (Å²) < 4.78 is 66.5. The number of halogens is 2. The monoisotopic (exact) mass is 883 g/mol. The Bertz CT molecular complexity index is 1960. The zero-order valence-electron chi connectivity index (χ0n) is 35.1. The van der Waals surface area contributed by atoms with Crippen LogP contribution in [-0.4, -0.2) is 110 Å². The molecule has 0 spiro atoms. The number of hydrogen-bond acceptors (Lipinski definition) is 13. The van der Waals surface area contributed by atoms with Crippen molar-refractivity contribution < 1.29 is 60.6 Å². The number of alkyl halides is 2. The van der Waals surface area contributed by atoms with Crippen LogP contribution in [0, 0.1) is 16.7 Å². The molecule has 16 nitrogen and oxygen atoms in total. The maximum atomic E-state index is 16.3. The Morgan fingerprint density at radius 1 is 0.900 bits per heavy atom. The van der Waals surface area contributed by atoms with Crippen LogP contribution in [0.25, 0.3) is 10.1 Å². The van der Waals surface area contributed by atoms with E-state index in [4.69, 9.17) is 18.5 Å². The molecule has 3 saturated heterocycles. The third-order valence-electron chi connectivity index (χ3n) is 10.7. The Balaban J connectivity index is 1.32. The number of esters is 2. The first kappa shape index (κ1) is 47.0. The van der Waals surface area contributed by atoms with E-state index >= 15 is 8.78 Å². The summed E-state index contributed by atoms with van der Waals surface area (Å²) in [6.45, 7) is 10.1. The first-order chi connectivity index (χ1) is 28.0. The van der Waals surface area contributed by atoms with Crippen LogP contribution < -0.4 is 16.0 Å². The number of amides is 4. The van der Waals surface area contributed by atoms with E-state index < -0.39 is 73.0 Å². The number of nitrogens with zero attached hydrogens (tertiary/aromatic N) is 2. The second-order valence-corrected chi connectivity index (χ2v) is 20.6. The highest BCUT2D eigenvalue weighted by Gasteiger charge is 2.56. The number of carbonyl (C=O) groups is 6. The average Bonchev–Trinajstić information content (AvgIpc) is 3.80. The van der Waals surface area contributed by atoms with E-state index in [-0.39, 0.29) is 53.2 Å². The highest BCUT2D eigenvalue weighted by molar-refractivity contribution is 7.54. The minimum absolute atomic E-state index is 0.00982. The van der Waals surface area contributed by atoms with Crippen molar-refractivity contribution >= 4 is 64.6 Å². The zero-order chi connectivity index (χ0) is 44.2. The minimum Gasteiger partial charge on any atom is -0.438 e. The number of piperidine rings is 1. The summed E-state index contributed by atoms with van der Waals surface area (Å²) in [4.78, 5) is 81.8. The van der Waals surface area contributed by atoms with Crippen molar-refractivity contribution in [3.8, 4) is 0 Å². The van der Waals surface area contributed by atoms with Gasteiger partial charge in [0.25, 0.3) is 5.91 Å². The smallest absolute Gasteiger partial charge is 0.410 e. The molecule has 20 heteroatoms. The van der Waals surface area contributed by atoms with E-state index in [1.54, 1.807) is 9.80 Å². The molecule has 332 valence electrons. The SMILES string of the molecule is CC(=O)N1CC[C@H]2CC[C@@H](C(=O)NC3CCNCC3)N2C(=O)C(CNC(=O)c2cc3cc(C(F)(F)P(=O)(OCOC(=O)C(C)(C)C)OCOC(=O)C(C)(C)C)ccc3s2)C1. The van der Waals surface area contributed by atoms with Crippen LogP contribution in [0.15, 0.2) is 24.3 Å². The molecule has 60 heavy (non-hydrogen) atoms. The number of nitrogens with one attached hydrogen (secondary N) is 3. The minimum atomic E-state index is -5.59. The lowest BCUT2D eigenvalue weighted by atomic mass is 9.98. The van der Waals surface area contributed by atoms with Gasteiger partial charge >= 0.3 is 25.2 Å². The van der Waals surface area contributed by atoms with Crippen molar-refractivity contribution in [2.24, 2.45) is 16.7 Å². The summed E-state index contributed by atoms with van der Waals surface area (Å²) in [7, 11) is -5.59. The largest absolute Gasteiger partial charge is 0.438 e. The molecule has 4 heterocycles. The lowest BCUT2D eigenvalue weighted by Crippen LogP contribution is -2.57. The Morgan fingerprint density at radius 2 is 1.52 bits per heavy atom. The average molecular weight is 884 g/mol. The van der Waals surface area contributed by atoms with Crippen LogP contribution in [0.2, 0.25) is 0 Å². The van der Waals surface area contributed by atoms with Gasteiger partial charge in [-0.1, -0.05) is 6.07 Å². The topological polar surface area (TPSA) is 199 Å². The lowest BCUT2D eigenvalue weighted by Gasteiger charge is -2.38. The Kier molecular flexibility index (Phi) is 14.8. The van der Waals surface area contributed by atoms with Crippen molar-refractivity contribution in [2.45, 2.75) is 104 Å². The van der Waals surface area contributed by atoms with E-state index in [2.05, 4.69) is 16.0 Å². The predicted molar refractivity (Wildman–Crippen MR) is 217 cm³/mol. The van der Waals surface area contributed by atoms with Gasteiger partial charge in [-0.05, 0) is 110 Å². The fourth-order valence-electron chi connectivity index (χ4n) is 7.14. The van der Waals surface area contributed by atoms with Gasteiger partial charge in [0.1, 0.15) is 6.04 Å². The van der Waals surface area contributed by atoms with Gasteiger partial charge in [-0.3, -0.25) is 42.4 Å². The molecule has 3 aliphatic heterocycles. The molecule has 5 rings (SSSR count). The van der Waals surface area contributed by atoms with Gasteiger partial charge in [0.05, 0.1) is 21.6 Å². The van der Waals surface area contributed by atoms with E-state index in [0.29, 0.717) is 30.5 Å². The summed E-state index contributed by atoms with van der Waals surface area (Å²) in [6.07, 6.45) is 3.18. The van der Waals surface area contributed by atoms with Gasteiger partial charge in [0.15, 0.2) is 0 Å². The molecular formula is C40H56F2N5O11PS. The lowest BCUT2D eigenvalue weighted by molar-refractivity contribution is -0.163. The fraction of sp³-hybridized carbons (Fsp3) is 0.650. The van der Waals surface area contributed by atoms with Gasteiger partial charge in [-0.25, -0.2) is 0 Å².